The lowest BCUT2D eigenvalue weighted by atomic mass is 10.0. The van der Waals surface area contributed by atoms with E-state index in [1.807, 2.05) is 18.2 Å². The second-order valence-electron chi connectivity index (χ2n) is 15.4. The molecule has 13 nitrogen and oxygen atoms in total. The third kappa shape index (κ3) is 7.44. The molecule has 0 bridgehead atoms. The van der Waals surface area contributed by atoms with Gasteiger partial charge in [-0.2, -0.15) is 10.4 Å². The van der Waals surface area contributed by atoms with Crippen molar-refractivity contribution in [3.05, 3.63) is 104 Å². The Morgan fingerprint density at radius 3 is 2.41 bits per heavy atom. The molecule has 4 heterocycles. The number of nitriles is 1. The number of aromatic nitrogens is 2. The number of halogens is 2. The van der Waals surface area contributed by atoms with Crippen LogP contribution >= 0.6 is 11.6 Å². The molecule has 0 radical (unpaired) electrons. The Labute approximate surface area is 339 Å². The predicted molar refractivity (Wildman–Crippen MR) is 213 cm³/mol. The number of urea groups is 1. The first-order valence-corrected chi connectivity index (χ1v) is 20.2. The van der Waals surface area contributed by atoms with E-state index in [2.05, 4.69) is 0 Å². The van der Waals surface area contributed by atoms with Crippen molar-refractivity contribution < 1.29 is 28.3 Å². The molecule has 1 aliphatic carbocycles. The molecule has 3 aromatic carbocycles. The smallest absolute Gasteiger partial charge is 0.332 e. The zero-order valence-corrected chi connectivity index (χ0v) is 32.9. The van der Waals surface area contributed by atoms with Crippen molar-refractivity contribution >= 4 is 51.8 Å². The fraction of sp³-hybridized carbons (Fsp3) is 0.419. The highest BCUT2D eigenvalue weighted by atomic mass is 35.5. The van der Waals surface area contributed by atoms with Gasteiger partial charge in [0.25, 0.3) is 17.4 Å². The van der Waals surface area contributed by atoms with E-state index in [-0.39, 0.29) is 45.9 Å². The van der Waals surface area contributed by atoms with Crippen molar-refractivity contribution in [2.75, 3.05) is 44.2 Å². The molecule has 1 unspecified atom stereocenters. The molecule has 5 amide bonds. The van der Waals surface area contributed by atoms with Gasteiger partial charge in [-0.05, 0) is 86.9 Å². The fourth-order valence-corrected chi connectivity index (χ4v) is 8.52. The average molecular weight is 808 g/mol. The number of carbonyl (C=O) groups excluding carboxylic acids is 4. The molecule has 8 rings (SSSR count). The van der Waals surface area contributed by atoms with Gasteiger partial charge in [0.2, 0.25) is 5.91 Å². The number of rotatable bonds is 12. The van der Waals surface area contributed by atoms with Crippen LogP contribution in [0.5, 0.6) is 0 Å². The summed E-state index contributed by atoms with van der Waals surface area (Å²) in [4.78, 5) is 72.4. The first-order chi connectivity index (χ1) is 28.0. The summed E-state index contributed by atoms with van der Waals surface area (Å²) in [6, 6.07) is 15.6. The number of hydrogen-bond acceptors (Lipinski definition) is 8. The fourth-order valence-electron chi connectivity index (χ4n) is 8.32. The summed E-state index contributed by atoms with van der Waals surface area (Å²) in [5.41, 5.74) is 2.16. The van der Waals surface area contributed by atoms with E-state index < -0.39 is 29.9 Å². The van der Waals surface area contributed by atoms with Gasteiger partial charge in [0, 0.05) is 63.6 Å². The summed E-state index contributed by atoms with van der Waals surface area (Å²) in [5, 5.41) is 15.5. The minimum Gasteiger partial charge on any atom is -0.375 e. The lowest BCUT2D eigenvalue weighted by molar-refractivity contribution is -0.134. The third-order valence-corrected chi connectivity index (χ3v) is 12.2. The molecule has 1 aromatic heterocycles. The second-order valence-corrected chi connectivity index (χ2v) is 15.8. The molecule has 0 spiro atoms. The maximum atomic E-state index is 15.1. The molecule has 15 heteroatoms. The number of carbonyl (C=O) groups is 4. The van der Waals surface area contributed by atoms with Crippen molar-refractivity contribution in [1.82, 2.24) is 24.5 Å². The highest BCUT2D eigenvalue weighted by Crippen LogP contribution is 2.37. The number of piperazine rings is 1. The van der Waals surface area contributed by atoms with Crippen LogP contribution in [-0.4, -0.2) is 99.7 Å². The Balaban J connectivity index is 0.876. The van der Waals surface area contributed by atoms with E-state index in [1.54, 1.807) is 47.1 Å². The van der Waals surface area contributed by atoms with Gasteiger partial charge in [0.05, 0.1) is 39.0 Å². The second kappa shape index (κ2) is 16.3. The van der Waals surface area contributed by atoms with E-state index in [1.165, 1.54) is 21.7 Å². The van der Waals surface area contributed by atoms with E-state index in [9.17, 15) is 29.2 Å². The van der Waals surface area contributed by atoms with Crippen LogP contribution in [0.1, 0.15) is 71.3 Å². The molecule has 3 saturated heterocycles. The molecule has 4 aliphatic rings. The summed E-state index contributed by atoms with van der Waals surface area (Å²) in [7, 11) is 0. The highest BCUT2D eigenvalue weighted by Gasteiger charge is 2.53. The first-order valence-electron chi connectivity index (χ1n) is 19.9. The third-order valence-electron chi connectivity index (χ3n) is 11.7. The number of anilines is 1. The van der Waals surface area contributed by atoms with Gasteiger partial charge < -0.3 is 19.4 Å². The maximum absolute atomic E-state index is 15.1. The largest absolute Gasteiger partial charge is 0.375 e. The zero-order valence-electron chi connectivity index (χ0n) is 32.2. The number of nitrogens with zero attached hydrogens (tertiary/aromatic N) is 7. The van der Waals surface area contributed by atoms with Crippen LogP contribution in [0.3, 0.4) is 0 Å². The Hall–Kier alpha value is -5.65. The molecule has 1 saturated carbocycles. The molecule has 3 aliphatic heterocycles. The van der Waals surface area contributed by atoms with Gasteiger partial charge in [-0.25, -0.2) is 18.8 Å². The number of ether oxygens (including phenoxy) is 1. The first kappa shape index (κ1) is 39.2. The summed E-state index contributed by atoms with van der Waals surface area (Å²) >= 11 is 6.34. The van der Waals surface area contributed by atoms with Crippen LogP contribution in [0.15, 0.2) is 59.4 Å². The molecule has 4 aromatic rings. The van der Waals surface area contributed by atoms with Crippen LogP contribution in [0.4, 0.5) is 14.9 Å². The standard InChI is InChI=1S/C43H43ClFN7O6/c1-26-35(14-12-29(25-46)37(26)44)52-42(56)38-36(15-17-50(38)43(52)57)58-22-6-2-5-16-51-41(55)31-8-4-3-7-30(31)34(47-51)24-27-9-13-33(45)32(23-27)40(54)49-20-18-48(19-21-49)39(53)28-10-11-28/h3-4,7-9,12-14,23,28,36,38H,2,5-6,10-11,15-22,24H2,1H3/t36?,38-/m0/s1. The van der Waals surface area contributed by atoms with Crippen molar-refractivity contribution in [3.8, 4) is 6.07 Å². The van der Waals surface area contributed by atoms with E-state index >= 15 is 4.39 Å². The quantitative estimate of drug-likeness (QED) is 0.136. The van der Waals surface area contributed by atoms with E-state index in [4.69, 9.17) is 21.4 Å². The van der Waals surface area contributed by atoms with Crippen molar-refractivity contribution in [3.63, 3.8) is 0 Å². The predicted octanol–water partition coefficient (Wildman–Crippen LogP) is 5.45. The zero-order chi connectivity index (χ0) is 40.7. The topological polar surface area (TPSA) is 149 Å². The molecule has 58 heavy (non-hydrogen) atoms. The number of benzene rings is 3. The summed E-state index contributed by atoms with van der Waals surface area (Å²) < 4.78 is 22.7. The molecule has 300 valence electrons. The summed E-state index contributed by atoms with van der Waals surface area (Å²) in [6.07, 6.45) is 4.19. The van der Waals surface area contributed by atoms with Gasteiger partial charge in [-0.15, -0.1) is 0 Å². The van der Waals surface area contributed by atoms with Gasteiger partial charge >= 0.3 is 6.03 Å². The van der Waals surface area contributed by atoms with Gasteiger partial charge in [0.1, 0.15) is 17.9 Å². The lowest BCUT2D eigenvalue weighted by Gasteiger charge is -2.35. The minimum absolute atomic E-state index is 0.0304. The van der Waals surface area contributed by atoms with Crippen molar-refractivity contribution in [2.45, 2.75) is 70.6 Å². The van der Waals surface area contributed by atoms with Crippen molar-refractivity contribution in [1.29, 1.82) is 5.26 Å². The van der Waals surface area contributed by atoms with Crippen LogP contribution < -0.4 is 10.5 Å². The highest BCUT2D eigenvalue weighted by molar-refractivity contribution is 6.33. The van der Waals surface area contributed by atoms with Crippen LogP contribution in [0.25, 0.3) is 10.8 Å². The Kier molecular flexibility index (Phi) is 11.0. The number of unbranched alkanes of at least 4 members (excludes halogenated alkanes) is 2. The van der Waals surface area contributed by atoms with Crippen molar-refractivity contribution in [2.24, 2.45) is 5.92 Å². The molecule has 4 fully saturated rings. The van der Waals surface area contributed by atoms with Gasteiger partial charge in [-0.1, -0.05) is 35.9 Å². The SMILES string of the molecule is Cc1c(N2C(=O)[C@@H]3C(OCCCCCn4nc(Cc5ccc(F)c(C(=O)N6CCN(C(=O)C7CC7)CC6)c5)c5ccccc5c4=O)CCN3C2=O)ccc(C#N)c1Cl. The molecular formula is C43H43ClFN7O6. The number of hydrogen-bond donors (Lipinski definition) is 0. The number of imide groups is 1. The van der Waals surface area contributed by atoms with Crippen LogP contribution in [0, 0.1) is 30.0 Å². The Bertz CT molecular complexity index is 2420. The molecular weight excluding hydrogens is 765 g/mol. The van der Waals surface area contributed by atoms with Gasteiger partial charge in [0.15, 0.2) is 0 Å². The molecule has 2 atom stereocenters. The minimum atomic E-state index is -0.741. The van der Waals surface area contributed by atoms with Crippen LogP contribution in [-0.2, 0) is 27.3 Å². The number of amides is 5. The van der Waals surface area contributed by atoms with E-state index in [0.717, 1.165) is 17.7 Å². The van der Waals surface area contributed by atoms with Gasteiger partial charge in [-0.3, -0.25) is 19.2 Å². The lowest BCUT2D eigenvalue weighted by Crippen LogP contribution is -2.51. The Morgan fingerprint density at radius 1 is 0.931 bits per heavy atom. The summed E-state index contributed by atoms with van der Waals surface area (Å²) in [5.74, 6) is -1.15. The monoisotopic (exact) mass is 807 g/mol. The maximum Gasteiger partial charge on any atom is 0.332 e. The summed E-state index contributed by atoms with van der Waals surface area (Å²) in [6.45, 7) is 4.35. The van der Waals surface area contributed by atoms with E-state index in [0.29, 0.717) is 105 Å². The number of aryl methyl sites for hydroxylation is 1. The Morgan fingerprint density at radius 2 is 1.67 bits per heavy atom. The van der Waals surface area contributed by atoms with Crippen LogP contribution in [0.2, 0.25) is 5.02 Å². The molecule has 0 N–H and O–H groups in total. The normalized spacial score (nSPS) is 19.3. The average Bonchev–Trinajstić information content (AvgIpc) is 3.96. The number of fused-ring (bicyclic) bond motifs is 2.